The van der Waals surface area contributed by atoms with Crippen LogP contribution in [-0.2, 0) is 9.53 Å². The summed E-state index contributed by atoms with van der Waals surface area (Å²) in [6.45, 7) is 3.58. The molecule has 0 aliphatic carbocycles. The molecule has 0 fully saturated rings. The molecule has 0 aliphatic rings. The van der Waals surface area contributed by atoms with Crippen LogP contribution in [0.4, 0.5) is 4.39 Å². The lowest BCUT2D eigenvalue weighted by Gasteiger charge is -2.09. The van der Waals surface area contributed by atoms with Crippen molar-refractivity contribution in [2.24, 2.45) is 0 Å². The standard InChI is InChI=1S/C6H10BrFO2/c1-3-4(2)10-6(9)5(7)8/h4-5H,3H2,1-2H3. The number of hydrogen-bond acceptors (Lipinski definition) is 2. The highest BCUT2D eigenvalue weighted by molar-refractivity contribution is 9.09. The Morgan fingerprint density at radius 1 is 1.80 bits per heavy atom. The molecule has 4 heteroatoms. The second kappa shape index (κ2) is 4.66. The van der Waals surface area contributed by atoms with E-state index in [4.69, 9.17) is 0 Å². The molecule has 0 aromatic rings. The number of rotatable bonds is 3. The molecule has 0 N–H and O–H groups in total. The summed E-state index contributed by atoms with van der Waals surface area (Å²) in [6, 6.07) is 0. The number of esters is 1. The van der Waals surface area contributed by atoms with E-state index in [1.807, 2.05) is 6.92 Å². The van der Waals surface area contributed by atoms with Crippen molar-refractivity contribution in [3.05, 3.63) is 0 Å². The summed E-state index contributed by atoms with van der Waals surface area (Å²) in [4.78, 5) is 10.5. The molecular weight excluding hydrogens is 203 g/mol. The Labute approximate surface area is 67.9 Å². The summed E-state index contributed by atoms with van der Waals surface area (Å²) in [5, 5.41) is -1.69. The quantitative estimate of drug-likeness (QED) is 0.529. The summed E-state index contributed by atoms with van der Waals surface area (Å²) in [7, 11) is 0. The molecule has 0 heterocycles. The summed E-state index contributed by atoms with van der Waals surface area (Å²) in [5.41, 5.74) is 0. The first-order valence-corrected chi connectivity index (χ1v) is 3.98. The van der Waals surface area contributed by atoms with Crippen molar-refractivity contribution >= 4 is 21.9 Å². The van der Waals surface area contributed by atoms with Crippen molar-refractivity contribution < 1.29 is 13.9 Å². The number of alkyl halides is 2. The second-order valence-electron chi connectivity index (χ2n) is 1.96. The Hall–Kier alpha value is -0.120. The topological polar surface area (TPSA) is 26.3 Å². The average molecular weight is 213 g/mol. The molecule has 0 aromatic heterocycles. The Kier molecular flexibility index (Phi) is 4.60. The van der Waals surface area contributed by atoms with Crippen molar-refractivity contribution in [1.29, 1.82) is 0 Å². The van der Waals surface area contributed by atoms with E-state index >= 15 is 0 Å². The first-order chi connectivity index (χ1) is 4.57. The van der Waals surface area contributed by atoms with E-state index in [1.165, 1.54) is 0 Å². The zero-order chi connectivity index (χ0) is 8.15. The fourth-order valence-corrected chi connectivity index (χ4v) is 0.441. The lowest BCUT2D eigenvalue weighted by Crippen LogP contribution is -2.19. The van der Waals surface area contributed by atoms with Gasteiger partial charge in [0, 0.05) is 0 Å². The van der Waals surface area contributed by atoms with E-state index in [1.54, 1.807) is 6.92 Å². The van der Waals surface area contributed by atoms with E-state index in [-0.39, 0.29) is 6.10 Å². The third-order valence-corrected chi connectivity index (χ3v) is 1.44. The summed E-state index contributed by atoms with van der Waals surface area (Å²) >= 11 is 2.46. The van der Waals surface area contributed by atoms with Gasteiger partial charge in [-0.15, -0.1) is 0 Å². The van der Waals surface area contributed by atoms with Crippen LogP contribution in [0.5, 0.6) is 0 Å². The van der Waals surface area contributed by atoms with Gasteiger partial charge in [-0.3, -0.25) is 0 Å². The zero-order valence-corrected chi connectivity index (χ0v) is 7.52. The number of hydrogen-bond donors (Lipinski definition) is 0. The zero-order valence-electron chi connectivity index (χ0n) is 5.93. The molecule has 0 radical (unpaired) electrons. The van der Waals surface area contributed by atoms with Gasteiger partial charge in [0.05, 0.1) is 6.10 Å². The van der Waals surface area contributed by atoms with E-state index in [9.17, 15) is 9.18 Å². The van der Waals surface area contributed by atoms with Crippen molar-refractivity contribution in [1.82, 2.24) is 0 Å². The fraction of sp³-hybridized carbons (Fsp3) is 0.833. The van der Waals surface area contributed by atoms with Crippen LogP contribution in [0.2, 0.25) is 0 Å². The normalized spacial score (nSPS) is 16.0. The molecule has 0 bridgehead atoms. The van der Waals surface area contributed by atoms with E-state index in [2.05, 4.69) is 20.7 Å². The largest absolute Gasteiger partial charge is 0.460 e. The van der Waals surface area contributed by atoms with Crippen LogP contribution < -0.4 is 0 Å². The summed E-state index contributed by atoms with van der Waals surface area (Å²) < 4.78 is 16.6. The van der Waals surface area contributed by atoms with Crippen LogP contribution in [0.25, 0.3) is 0 Å². The van der Waals surface area contributed by atoms with Gasteiger partial charge in [-0.1, -0.05) is 6.92 Å². The first kappa shape index (κ1) is 9.88. The van der Waals surface area contributed by atoms with Crippen LogP contribution in [0.1, 0.15) is 20.3 Å². The van der Waals surface area contributed by atoms with Crippen LogP contribution in [0.3, 0.4) is 0 Å². The highest BCUT2D eigenvalue weighted by atomic mass is 79.9. The Balaban J connectivity index is 3.57. The average Bonchev–Trinajstić information content (AvgIpc) is 1.87. The molecule has 0 aromatic carbocycles. The Morgan fingerprint density at radius 2 is 2.30 bits per heavy atom. The van der Waals surface area contributed by atoms with Gasteiger partial charge < -0.3 is 4.74 Å². The second-order valence-corrected chi connectivity index (χ2v) is 2.76. The number of carbonyl (C=O) groups excluding carboxylic acids is 1. The molecule has 2 unspecified atom stereocenters. The lowest BCUT2D eigenvalue weighted by atomic mass is 10.3. The molecule has 0 saturated carbocycles. The predicted molar refractivity (Wildman–Crippen MR) is 39.7 cm³/mol. The van der Waals surface area contributed by atoms with Crippen LogP contribution in [0, 0.1) is 0 Å². The molecule has 2 nitrogen and oxygen atoms in total. The minimum atomic E-state index is -1.69. The van der Waals surface area contributed by atoms with Gasteiger partial charge in [0.15, 0.2) is 0 Å². The van der Waals surface area contributed by atoms with Crippen molar-refractivity contribution in [3.8, 4) is 0 Å². The number of ether oxygens (including phenoxy) is 1. The van der Waals surface area contributed by atoms with Gasteiger partial charge in [0.25, 0.3) is 5.08 Å². The van der Waals surface area contributed by atoms with Crippen molar-refractivity contribution in [2.75, 3.05) is 0 Å². The molecule has 60 valence electrons. The van der Waals surface area contributed by atoms with Gasteiger partial charge >= 0.3 is 5.97 Å². The summed E-state index contributed by atoms with van der Waals surface area (Å²) in [5.74, 6) is -0.852. The van der Waals surface area contributed by atoms with Gasteiger partial charge in [0.2, 0.25) is 0 Å². The molecule has 0 rings (SSSR count). The van der Waals surface area contributed by atoms with Crippen LogP contribution >= 0.6 is 15.9 Å². The maximum Gasteiger partial charge on any atom is 0.352 e. The minimum absolute atomic E-state index is 0.205. The Morgan fingerprint density at radius 3 is 2.60 bits per heavy atom. The highest BCUT2D eigenvalue weighted by Crippen LogP contribution is 2.06. The molecular formula is C6H10BrFO2. The summed E-state index contributed by atoms with van der Waals surface area (Å²) in [6.07, 6.45) is 0.495. The highest BCUT2D eigenvalue weighted by Gasteiger charge is 2.16. The molecule has 0 saturated heterocycles. The third-order valence-electron chi connectivity index (χ3n) is 1.07. The number of carbonyl (C=O) groups is 1. The molecule has 0 spiro atoms. The molecule has 10 heavy (non-hydrogen) atoms. The van der Waals surface area contributed by atoms with Gasteiger partial charge in [-0.25, -0.2) is 9.18 Å². The van der Waals surface area contributed by atoms with Crippen LogP contribution in [0.15, 0.2) is 0 Å². The van der Waals surface area contributed by atoms with E-state index in [0.717, 1.165) is 0 Å². The van der Waals surface area contributed by atoms with Gasteiger partial charge in [-0.05, 0) is 29.3 Å². The lowest BCUT2D eigenvalue weighted by molar-refractivity contribution is -0.150. The van der Waals surface area contributed by atoms with Gasteiger partial charge in [-0.2, -0.15) is 0 Å². The van der Waals surface area contributed by atoms with E-state index < -0.39 is 11.1 Å². The Bertz CT molecular complexity index is 116. The maximum atomic E-state index is 12.0. The maximum absolute atomic E-state index is 12.0. The fourth-order valence-electron chi connectivity index (χ4n) is 0.333. The molecule has 0 amide bonds. The van der Waals surface area contributed by atoms with Crippen LogP contribution in [-0.4, -0.2) is 17.2 Å². The molecule has 0 aliphatic heterocycles. The van der Waals surface area contributed by atoms with E-state index in [0.29, 0.717) is 6.42 Å². The number of halogens is 2. The monoisotopic (exact) mass is 212 g/mol. The SMILES string of the molecule is CCC(C)OC(=O)C(F)Br. The first-order valence-electron chi connectivity index (χ1n) is 3.06. The van der Waals surface area contributed by atoms with Crippen molar-refractivity contribution in [3.63, 3.8) is 0 Å². The molecule has 2 atom stereocenters. The van der Waals surface area contributed by atoms with Gasteiger partial charge in [0.1, 0.15) is 0 Å². The van der Waals surface area contributed by atoms with Crippen molar-refractivity contribution in [2.45, 2.75) is 31.5 Å². The third kappa shape index (κ3) is 3.82. The predicted octanol–water partition coefficient (Wildman–Crippen LogP) is 2.02. The smallest absolute Gasteiger partial charge is 0.352 e. The minimum Gasteiger partial charge on any atom is -0.460 e.